The van der Waals surface area contributed by atoms with Crippen LogP contribution in [0.4, 0.5) is 5.69 Å². The van der Waals surface area contributed by atoms with Crippen molar-refractivity contribution in [1.82, 2.24) is 4.72 Å². The molecule has 2 rings (SSSR count). The van der Waals surface area contributed by atoms with Crippen molar-refractivity contribution in [3.8, 4) is 0 Å². The Balaban J connectivity index is 2.01. The molecule has 21 heavy (non-hydrogen) atoms. The summed E-state index contributed by atoms with van der Waals surface area (Å²) in [6.45, 7) is 5.48. The molecule has 1 fully saturated rings. The Kier molecular flexibility index (Phi) is 5.65. The highest BCUT2D eigenvalue weighted by atomic mass is 32.2. The number of benzene rings is 1. The minimum atomic E-state index is -3.44. The average Bonchev–Trinajstić information content (AvgIpc) is 2.47. The van der Waals surface area contributed by atoms with Gasteiger partial charge in [-0.15, -0.1) is 0 Å². The maximum atomic E-state index is 12.5. The molecular weight excluding hydrogens is 284 g/mol. The third-order valence-corrected chi connectivity index (χ3v) is 5.72. The second kappa shape index (κ2) is 7.27. The minimum absolute atomic E-state index is 0.344. The maximum Gasteiger partial charge on any atom is 0.242 e. The molecule has 0 heterocycles. The Morgan fingerprint density at radius 2 is 1.81 bits per heavy atom. The first-order valence-corrected chi connectivity index (χ1v) is 9.33. The summed E-state index contributed by atoms with van der Waals surface area (Å²) in [7, 11) is -3.44. The molecule has 1 aliphatic carbocycles. The molecule has 5 heteroatoms. The van der Waals surface area contributed by atoms with Crippen LogP contribution in [0.2, 0.25) is 0 Å². The van der Waals surface area contributed by atoms with E-state index < -0.39 is 10.0 Å². The van der Waals surface area contributed by atoms with Crippen LogP contribution < -0.4 is 10.0 Å². The first-order chi connectivity index (χ1) is 10.0. The second-order valence-corrected chi connectivity index (χ2v) is 7.74. The van der Waals surface area contributed by atoms with Crippen LogP contribution in [0.25, 0.3) is 0 Å². The van der Waals surface area contributed by atoms with Crippen LogP contribution in [0.15, 0.2) is 29.2 Å². The monoisotopic (exact) mass is 310 g/mol. The van der Waals surface area contributed by atoms with Gasteiger partial charge in [0.25, 0.3) is 0 Å². The molecule has 1 aromatic rings. The number of sulfonamides is 1. The lowest BCUT2D eigenvalue weighted by molar-refractivity contribution is 0.290. The number of rotatable bonds is 6. The molecule has 0 saturated heterocycles. The van der Waals surface area contributed by atoms with Gasteiger partial charge < -0.3 is 5.32 Å². The Morgan fingerprint density at radius 1 is 1.14 bits per heavy atom. The smallest absolute Gasteiger partial charge is 0.242 e. The van der Waals surface area contributed by atoms with E-state index in [0.29, 0.717) is 29.6 Å². The van der Waals surface area contributed by atoms with Crippen LogP contribution >= 0.6 is 0 Å². The van der Waals surface area contributed by atoms with Gasteiger partial charge in [0, 0.05) is 13.1 Å². The molecule has 0 radical (unpaired) electrons. The third kappa shape index (κ3) is 4.45. The quantitative estimate of drug-likeness (QED) is 0.848. The van der Waals surface area contributed by atoms with Crippen molar-refractivity contribution < 1.29 is 8.42 Å². The average molecular weight is 310 g/mol. The lowest BCUT2D eigenvalue weighted by atomic mass is 9.83. The van der Waals surface area contributed by atoms with Gasteiger partial charge in [0.15, 0.2) is 0 Å². The molecule has 1 aromatic carbocycles. The summed E-state index contributed by atoms with van der Waals surface area (Å²) in [4.78, 5) is 0.344. The zero-order valence-electron chi connectivity index (χ0n) is 12.9. The number of para-hydroxylation sites is 1. The molecule has 0 atom stereocenters. The Bertz CT molecular complexity index is 549. The van der Waals surface area contributed by atoms with Crippen molar-refractivity contribution in [2.24, 2.45) is 11.8 Å². The molecule has 2 N–H and O–H groups in total. The van der Waals surface area contributed by atoms with E-state index >= 15 is 0 Å². The lowest BCUT2D eigenvalue weighted by Crippen LogP contribution is -2.31. The summed E-state index contributed by atoms with van der Waals surface area (Å²) in [6, 6.07) is 7.07. The number of nitrogens with one attached hydrogen (secondary N) is 2. The van der Waals surface area contributed by atoms with E-state index in [-0.39, 0.29) is 0 Å². The first-order valence-electron chi connectivity index (χ1n) is 7.85. The van der Waals surface area contributed by atoms with Gasteiger partial charge in [0.2, 0.25) is 10.0 Å². The Labute approximate surface area is 128 Å². The van der Waals surface area contributed by atoms with E-state index in [9.17, 15) is 8.42 Å². The highest BCUT2D eigenvalue weighted by molar-refractivity contribution is 7.89. The molecule has 0 unspecified atom stereocenters. The van der Waals surface area contributed by atoms with E-state index in [1.165, 1.54) is 12.8 Å². The second-order valence-electron chi connectivity index (χ2n) is 6.00. The highest BCUT2D eigenvalue weighted by Crippen LogP contribution is 2.28. The standard InChI is InChI=1S/C16H26N2O2S/c1-3-17-15-6-4-5-7-16(15)21(19,20)18-12-14-10-8-13(2)9-11-14/h4-7,13-14,17-18H,3,8-12H2,1-2H3. The van der Waals surface area contributed by atoms with E-state index in [2.05, 4.69) is 17.0 Å². The molecule has 0 bridgehead atoms. The molecule has 0 spiro atoms. The molecule has 0 aliphatic heterocycles. The highest BCUT2D eigenvalue weighted by Gasteiger charge is 2.22. The van der Waals surface area contributed by atoms with Crippen molar-refractivity contribution in [1.29, 1.82) is 0 Å². The predicted molar refractivity (Wildman–Crippen MR) is 86.9 cm³/mol. The van der Waals surface area contributed by atoms with Crippen molar-refractivity contribution in [3.05, 3.63) is 24.3 Å². The van der Waals surface area contributed by atoms with Crippen LogP contribution in [-0.4, -0.2) is 21.5 Å². The topological polar surface area (TPSA) is 58.2 Å². The van der Waals surface area contributed by atoms with Gasteiger partial charge in [-0.25, -0.2) is 13.1 Å². The molecule has 1 aliphatic rings. The number of hydrogen-bond acceptors (Lipinski definition) is 3. The van der Waals surface area contributed by atoms with Crippen molar-refractivity contribution in [2.45, 2.75) is 44.4 Å². The van der Waals surface area contributed by atoms with Crippen LogP contribution in [0.3, 0.4) is 0 Å². The number of hydrogen-bond donors (Lipinski definition) is 2. The lowest BCUT2D eigenvalue weighted by Gasteiger charge is -2.26. The molecular formula is C16H26N2O2S. The Morgan fingerprint density at radius 3 is 2.48 bits per heavy atom. The normalized spacial score (nSPS) is 23.0. The van der Waals surface area contributed by atoms with Crippen LogP contribution in [0, 0.1) is 11.8 Å². The Hall–Kier alpha value is -1.07. The van der Waals surface area contributed by atoms with E-state index in [1.54, 1.807) is 18.2 Å². The van der Waals surface area contributed by atoms with Crippen molar-refractivity contribution in [2.75, 3.05) is 18.4 Å². The van der Waals surface area contributed by atoms with Gasteiger partial charge in [0.1, 0.15) is 4.90 Å². The first kappa shape index (κ1) is 16.3. The SMILES string of the molecule is CCNc1ccccc1S(=O)(=O)NCC1CCC(C)CC1. The molecule has 0 amide bonds. The van der Waals surface area contributed by atoms with E-state index in [1.807, 2.05) is 13.0 Å². The summed E-state index contributed by atoms with van der Waals surface area (Å²) in [5, 5.41) is 3.11. The summed E-state index contributed by atoms with van der Waals surface area (Å²) < 4.78 is 27.8. The fraction of sp³-hybridized carbons (Fsp3) is 0.625. The van der Waals surface area contributed by atoms with E-state index in [0.717, 1.165) is 18.8 Å². The van der Waals surface area contributed by atoms with Crippen molar-refractivity contribution >= 4 is 15.7 Å². The fourth-order valence-electron chi connectivity index (χ4n) is 2.88. The van der Waals surface area contributed by atoms with Crippen molar-refractivity contribution in [3.63, 3.8) is 0 Å². The van der Waals surface area contributed by atoms with Gasteiger partial charge in [-0.3, -0.25) is 0 Å². The van der Waals surface area contributed by atoms with Gasteiger partial charge in [0.05, 0.1) is 5.69 Å². The van der Waals surface area contributed by atoms with Gasteiger partial charge >= 0.3 is 0 Å². The third-order valence-electron chi connectivity index (χ3n) is 4.24. The summed E-state index contributed by atoms with van der Waals surface area (Å²) >= 11 is 0. The summed E-state index contributed by atoms with van der Waals surface area (Å²) in [6.07, 6.45) is 4.66. The molecule has 4 nitrogen and oxygen atoms in total. The zero-order valence-corrected chi connectivity index (χ0v) is 13.7. The zero-order chi connectivity index (χ0) is 15.3. The minimum Gasteiger partial charge on any atom is -0.384 e. The van der Waals surface area contributed by atoms with Gasteiger partial charge in [-0.05, 0) is 43.7 Å². The van der Waals surface area contributed by atoms with Crippen LogP contribution in [0.5, 0.6) is 0 Å². The molecule has 118 valence electrons. The van der Waals surface area contributed by atoms with Gasteiger partial charge in [-0.2, -0.15) is 0 Å². The maximum absolute atomic E-state index is 12.5. The molecule has 1 saturated carbocycles. The number of anilines is 1. The summed E-state index contributed by atoms with van der Waals surface area (Å²) in [5.41, 5.74) is 0.671. The van der Waals surface area contributed by atoms with Gasteiger partial charge in [-0.1, -0.05) is 31.9 Å². The predicted octanol–water partition coefficient (Wildman–Crippen LogP) is 3.22. The van der Waals surface area contributed by atoms with Crippen LogP contribution in [0.1, 0.15) is 39.5 Å². The van der Waals surface area contributed by atoms with Crippen LogP contribution in [-0.2, 0) is 10.0 Å². The summed E-state index contributed by atoms with van der Waals surface area (Å²) in [5.74, 6) is 1.26. The largest absolute Gasteiger partial charge is 0.384 e. The fourth-order valence-corrected chi connectivity index (χ4v) is 4.17. The van der Waals surface area contributed by atoms with E-state index in [4.69, 9.17) is 0 Å². The molecule has 0 aromatic heterocycles.